The number of halogens is 1. The van der Waals surface area contributed by atoms with Crippen molar-refractivity contribution in [2.75, 3.05) is 19.7 Å². The van der Waals surface area contributed by atoms with Gasteiger partial charge in [-0.1, -0.05) is 24.3 Å². The lowest BCUT2D eigenvalue weighted by Gasteiger charge is -2.07. The Morgan fingerprint density at radius 1 is 1.14 bits per heavy atom. The van der Waals surface area contributed by atoms with Gasteiger partial charge in [0.1, 0.15) is 12.4 Å². The maximum Gasteiger partial charge on any atom is 0.188 e. The van der Waals surface area contributed by atoms with E-state index in [0.717, 1.165) is 17.9 Å². The number of nitrogens with one attached hydrogen (secondary N) is 1. The summed E-state index contributed by atoms with van der Waals surface area (Å²) in [6.07, 6.45) is 2.56. The van der Waals surface area contributed by atoms with Crippen molar-refractivity contribution in [1.82, 2.24) is 10.3 Å². The highest BCUT2D eigenvalue weighted by molar-refractivity contribution is 14.0. The van der Waals surface area contributed by atoms with E-state index < -0.39 is 0 Å². The molecule has 0 radical (unpaired) electrons. The Balaban J connectivity index is 0.00000242. The largest absolute Gasteiger partial charge is 0.492 e. The van der Waals surface area contributed by atoms with Gasteiger partial charge in [-0.2, -0.15) is 0 Å². The maximum absolute atomic E-state index is 5.78. The van der Waals surface area contributed by atoms with Crippen LogP contribution < -0.4 is 15.8 Å². The Bertz CT molecular complexity index is 549. The van der Waals surface area contributed by atoms with Crippen molar-refractivity contribution >= 4 is 29.9 Å². The minimum Gasteiger partial charge on any atom is -0.492 e. The summed E-state index contributed by atoms with van der Waals surface area (Å²) in [5.74, 6) is 1.28. The molecule has 0 aliphatic rings. The fourth-order valence-corrected chi connectivity index (χ4v) is 1.76. The second kappa shape index (κ2) is 10.8. The van der Waals surface area contributed by atoms with Gasteiger partial charge in [0.05, 0.1) is 6.54 Å². The monoisotopic (exact) mass is 412 g/mol. The van der Waals surface area contributed by atoms with Gasteiger partial charge in [-0.3, -0.25) is 9.98 Å². The quantitative estimate of drug-likeness (QED) is 0.317. The lowest BCUT2D eigenvalue weighted by atomic mass is 10.3. The van der Waals surface area contributed by atoms with Crippen LogP contribution in [-0.4, -0.2) is 30.6 Å². The molecule has 1 heterocycles. The molecule has 5 nitrogen and oxygen atoms in total. The number of hydrogen-bond acceptors (Lipinski definition) is 3. The first-order valence-electron chi connectivity index (χ1n) is 6.96. The zero-order valence-electron chi connectivity index (χ0n) is 12.3. The van der Waals surface area contributed by atoms with Gasteiger partial charge in [0, 0.05) is 24.9 Å². The summed E-state index contributed by atoms with van der Waals surface area (Å²) >= 11 is 0. The summed E-state index contributed by atoms with van der Waals surface area (Å²) in [5.41, 5.74) is 6.80. The molecule has 0 aliphatic carbocycles. The average Bonchev–Trinajstić information content (AvgIpc) is 2.54. The summed E-state index contributed by atoms with van der Waals surface area (Å²) in [6.45, 7) is 1.78. The number of hydrogen-bond donors (Lipinski definition) is 2. The third-order valence-electron chi connectivity index (χ3n) is 2.80. The second-order valence-corrected chi connectivity index (χ2v) is 4.43. The topological polar surface area (TPSA) is 72.5 Å². The van der Waals surface area contributed by atoms with Gasteiger partial charge in [-0.25, -0.2) is 0 Å². The molecule has 0 amide bonds. The van der Waals surface area contributed by atoms with Gasteiger partial charge >= 0.3 is 0 Å². The van der Waals surface area contributed by atoms with Crippen molar-refractivity contribution in [2.24, 2.45) is 10.7 Å². The molecule has 0 bridgehead atoms. The van der Waals surface area contributed by atoms with Crippen LogP contribution in [0.15, 0.2) is 59.7 Å². The molecule has 0 aliphatic heterocycles. The van der Waals surface area contributed by atoms with Gasteiger partial charge in [-0.15, -0.1) is 24.0 Å². The Hall–Kier alpha value is -1.83. The number of pyridine rings is 1. The van der Waals surface area contributed by atoms with E-state index in [2.05, 4.69) is 15.3 Å². The molecule has 6 heteroatoms. The molecule has 0 unspecified atom stereocenters. The summed E-state index contributed by atoms with van der Waals surface area (Å²) in [5, 5.41) is 3.02. The third-order valence-corrected chi connectivity index (χ3v) is 2.80. The molecule has 2 aromatic rings. The molecule has 0 saturated carbocycles. The van der Waals surface area contributed by atoms with E-state index in [1.54, 1.807) is 6.20 Å². The van der Waals surface area contributed by atoms with Gasteiger partial charge in [0.2, 0.25) is 0 Å². The standard InChI is InChI=1S/C16H20N4O.HI/c17-16(19-11-9-14-6-4-5-10-18-14)20-12-13-21-15-7-2-1-3-8-15;/h1-8,10H,9,11-13H2,(H3,17,19,20);1H. The normalized spacial score (nSPS) is 10.6. The number of para-hydroxylation sites is 1. The zero-order valence-corrected chi connectivity index (χ0v) is 14.6. The average molecular weight is 412 g/mol. The Morgan fingerprint density at radius 3 is 2.64 bits per heavy atom. The Labute approximate surface area is 148 Å². The zero-order chi connectivity index (χ0) is 14.8. The van der Waals surface area contributed by atoms with Gasteiger partial charge in [-0.05, 0) is 24.3 Å². The summed E-state index contributed by atoms with van der Waals surface area (Å²) in [6, 6.07) is 15.5. The number of nitrogens with two attached hydrogens (primary N) is 1. The number of ether oxygens (including phenoxy) is 1. The Kier molecular flexibility index (Phi) is 8.97. The molecule has 118 valence electrons. The van der Waals surface area contributed by atoms with Crippen molar-refractivity contribution in [3.05, 3.63) is 60.4 Å². The third kappa shape index (κ3) is 7.26. The highest BCUT2D eigenvalue weighted by Crippen LogP contribution is 2.07. The van der Waals surface area contributed by atoms with Crippen LogP contribution in [0, 0.1) is 0 Å². The van der Waals surface area contributed by atoms with Crippen molar-refractivity contribution in [1.29, 1.82) is 0 Å². The summed E-state index contributed by atoms with van der Waals surface area (Å²) < 4.78 is 5.55. The van der Waals surface area contributed by atoms with Gasteiger partial charge in [0.15, 0.2) is 5.96 Å². The van der Waals surface area contributed by atoms with Crippen molar-refractivity contribution < 1.29 is 4.74 Å². The van der Waals surface area contributed by atoms with E-state index >= 15 is 0 Å². The fourth-order valence-electron chi connectivity index (χ4n) is 1.76. The van der Waals surface area contributed by atoms with Crippen LogP contribution in [0.1, 0.15) is 5.69 Å². The van der Waals surface area contributed by atoms with E-state index in [9.17, 15) is 0 Å². The number of aliphatic imine (C=N–C) groups is 1. The maximum atomic E-state index is 5.78. The molecule has 1 aromatic heterocycles. The van der Waals surface area contributed by atoms with Crippen molar-refractivity contribution in [3.8, 4) is 5.75 Å². The number of nitrogens with zero attached hydrogens (tertiary/aromatic N) is 2. The highest BCUT2D eigenvalue weighted by atomic mass is 127. The predicted octanol–water partition coefficient (Wildman–Crippen LogP) is 2.23. The summed E-state index contributed by atoms with van der Waals surface area (Å²) in [4.78, 5) is 8.49. The predicted molar refractivity (Wildman–Crippen MR) is 99.8 cm³/mol. The highest BCUT2D eigenvalue weighted by Gasteiger charge is 1.95. The minimum atomic E-state index is 0. The molecule has 0 atom stereocenters. The summed E-state index contributed by atoms with van der Waals surface area (Å²) in [7, 11) is 0. The number of aromatic nitrogens is 1. The molecule has 2 rings (SSSR count). The van der Waals surface area contributed by atoms with Crippen LogP contribution in [0.5, 0.6) is 5.75 Å². The lowest BCUT2D eigenvalue weighted by molar-refractivity contribution is 0.322. The number of benzene rings is 1. The van der Waals surface area contributed by atoms with Crippen molar-refractivity contribution in [3.63, 3.8) is 0 Å². The Morgan fingerprint density at radius 2 is 1.91 bits per heavy atom. The second-order valence-electron chi connectivity index (χ2n) is 4.43. The lowest BCUT2D eigenvalue weighted by Crippen LogP contribution is -2.35. The van der Waals surface area contributed by atoms with E-state index in [0.29, 0.717) is 25.7 Å². The minimum absolute atomic E-state index is 0. The van der Waals surface area contributed by atoms with E-state index in [1.807, 2.05) is 48.5 Å². The van der Waals surface area contributed by atoms with Gasteiger partial charge < -0.3 is 15.8 Å². The molecular formula is C16H21IN4O. The van der Waals surface area contributed by atoms with E-state index in [1.165, 1.54) is 0 Å². The van der Waals surface area contributed by atoms with Gasteiger partial charge in [0.25, 0.3) is 0 Å². The molecule has 22 heavy (non-hydrogen) atoms. The SMILES string of the molecule is I.NC(=NCCc1ccccn1)NCCOc1ccccc1. The van der Waals surface area contributed by atoms with Crippen LogP contribution >= 0.6 is 24.0 Å². The van der Waals surface area contributed by atoms with Crippen molar-refractivity contribution in [2.45, 2.75) is 6.42 Å². The first-order chi connectivity index (χ1) is 10.3. The molecule has 0 saturated heterocycles. The van der Waals surface area contributed by atoms with Crippen LogP contribution in [0.25, 0.3) is 0 Å². The van der Waals surface area contributed by atoms with Crippen LogP contribution in [-0.2, 0) is 6.42 Å². The van der Waals surface area contributed by atoms with Crippen LogP contribution in [0.2, 0.25) is 0 Å². The van der Waals surface area contributed by atoms with Crippen LogP contribution in [0.3, 0.4) is 0 Å². The first-order valence-corrected chi connectivity index (χ1v) is 6.96. The fraction of sp³-hybridized carbons (Fsp3) is 0.250. The van der Waals surface area contributed by atoms with E-state index in [4.69, 9.17) is 10.5 Å². The molecular weight excluding hydrogens is 391 g/mol. The molecule has 1 aromatic carbocycles. The number of guanidine groups is 1. The smallest absolute Gasteiger partial charge is 0.188 e. The first kappa shape index (κ1) is 18.2. The number of rotatable bonds is 7. The molecule has 0 fully saturated rings. The molecule has 0 spiro atoms. The molecule has 3 N–H and O–H groups in total. The van der Waals surface area contributed by atoms with E-state index in [-0.39, 0.29) is 24.0 Å². The van der Waals surface area contributed by atoms with Crippen LogP contribution in [0.4, 0.5) is 0 Å².